The summed E-state index contributed by atoms with van der Waals surface area (Å²) in [5, 5.41) is 2.88. The maximum atomic E-state index is 12.2. The van der Waals surface area contributed by atoms with Crippen LogP contribution in [0.15, 0.2) is 42.5 Å². The highest BCUT2D eigenvalue weighted by molar-refractivity contribution is 7.92. The molecule has 0 aliphatic rings. The fraction of sp³-hybridized carbons (Fsp3) is 0.381. The number of anilines is 1. The van der Waals surface area contributed by atoms with E-state index in [9.17, 15) is 13.2 Å². The zero-order valence-corrected chi connectivity index (χ0v) is 17.3. The van der Waals surface area contributed by atoms with Crippen molar-refractivity contribution in [1.82, 2.24) is 5.32 Å². The van der Waals surface area contributed by atoms with Crippen LogP contribution in [-0.4, -0.2) is 27.1 Å². The zero-order valence-electron chi connectivity index (χ0n) is 16.5. The fourth-order valence-electron chi connectivity index (χ4n) is 2.83. The summed E-state index contributed by atoms with van der Waals surface area (Å²) >= 11 is 0. The number of nitrogens with one attached hydrogen (secondary N) is 1. The first kappa shape index (κ1) is 21.0. The first-order valence-electron chi connectivity index (χ1n) is 9.04. The van der Waals surface area contributed by atoms with E-state index in [1.165, 1.54) is 16.1 Å². The molecule has 0 heterocycles. The van der Waals surface area contributed by atoms with Gasteiger partial charge in [0.15, 0.2) is 0 Å². The van der Waals surface area contributed by atoms with Crippen LogP contribution in [0.3, 0.4) is 0 Å². The van der Waals surface area contributed by atoms with Crippen molar-refractivity contribution in [2.45, 2.75) is 40.2 Å². The fourth-order valence-corrected chi connectivity index (χ4v) is 3.85. The molecule has 0 aromatic heterocycles. The van der Waals surface area contributed by atoms with Gasteiger partial charge in [0.25, 0.3) is 0 Å². The maximum Gasteiger partial charge on any atom is 0.232 e. The number of carbonyl (C=O) groups is 1. The average Bonchev–Trinajstić information content (AvgIpc) is 2.59. The SMILES string of the molecule is Cc1ccc(CNC(=O)CCCN(c2cc(C)ccc2C)S(C)(=O)=O)cc1. The predicted octanol–water partition coefficient (Wildman–Crippen LogP) is 3.47. The summed E-state index contributed by atoms with van der Waals surface area (Å²) in [5.74, 6) is -0.0787. The summed E-state index contributed by atoms with van der Waals surface area (Å²) in [4.78, 5) is 12.1. The van der Waals surface area contributed by atoms with Crippen LogP contribution in [0.4, 0.5) is 5.69 Å². The Hall–Kier alpha value is -2.34. The van der Waals surface area contributed by atoms with Crippen LogP contribution in [0.2, 0.25) is 0 Å². The molecular weight excluding hydrogens is 360 g/mol. The number of sulfonamides is 1. The summed E-state index contributed by atoms with van der Waals surface area (Å²) < 4.78 is 25.9. The number of nitrogens with zero attached hydrogens (tertiary/aromatic N) is 1. The molecular formula is C21H28N2O3S. The van der Waals surface area contributed by atoms with Gasteiger partial charge >= 0.3 is 0 Å². The Balaban J connectivity index is 1.92. The van der Waals surface area contributed by atoms with Gasteiger partial charge in [0, 0.05) is 19.5 Å². The van der Waals surface area contributed by atoms with Crippen molar-refractivity contribution in [1.29, 1.82) is 0 Å². The Morgan fingerprint density at radius 1 is 1.00 bits per heavy atom. The molecule has 6 heteroatoms. The van der Waals surface area contributed by atoms with E-state index < -0.39 is 10.0 Å². The second kappa shape index (κ2) is 9.04. The van der Waals surface area contributed by atoms with Crippen LogP contribution >= 0.6 is 0 Å². The molecule has 5 nitrogen and oxygen atoms in total. The molecule has 0 radical (unpaired) electrons. The van der Waals surface area contributed by atoms with E-state index in [1.54, 1.807) is 0 Å². The van der Waals surface area contributed by atoms with Gasteiger partial charge in [-0.2, -0.15) is 0 Å². The molecule has 0 saturated carbocycles. The van der Waals surface area contributed by atoms with Gasteiger partial charge in [-0.25, -0.2) is 8.42 Å². The molecule has 0 unspecified atom stereocenters. The largest absolute Gasteiger partial charge is 0.352 e. The Bertz CT molecular complexity index is 890. The average molecular weight is 389 g/mol. The van der Waals surface area contributed by atoms with Gasteiger partial charge in [0.05, 0.1) is 11.9 Å². The second-order valence-electron chi connectivity index (χ2n) is 6.99. The van der Waals surface area contributed by atoms with E-state index in [-0.39, 0.29) is 18.9 Å². The van der Waals surface area contributed by atoms with Crippen LogP contribution in [0.25, 0.3) is 0 Å². The minimum Gasteiger partial charge on any atom is -0.352 e. The van der Waals surface area contributed by atoms with Gasteiger partial charge in [0.2, 0.25) is 15.9 Å². The molecule has 2 aromatic rings. The standard InChI is InChI=1S/C21H28N2O3S/c1-16-8-11-19(12-9-16)15-22-21(24)6-5-13-23(27(4,25)26)20-14-17(2)7-10-18(20)3/h7-12,14H,5-6,13,15H2,1-4H3,(H,22,24). The molecule has 1 N–H and O–H groups in total. The number of hydrogen-bond acceptors (Lipinski definition) is 3. The van der Waals surface area contributed by atoms with Crippen molar-refractivity contribution >= 4 is 21.6 Å². The lowest BCUT2D eigenvalue weighted by molar-refractivity contribution is -0.121. The summed E-state index contributed by atoms with van der Waals surface area (Å²) in [5.41, 5.74) is 4.80. The molecule has 0 aliphatic heterocycles. The predicted molar refractivity (Wildman–Crippen MR) is 110 cm³/mol. The van der Waals surface area contributed by atoms with E-state index in [2.05, 4.69) is 5.32 Å². The molecule has 2 rings (SSSR count). The van der Waals surface area contributed by atoms with Gasteiger partial charge in [-0.05, 0) is 49.9 Å². The number of hydrogen-bond donors (Lipinski definition) is 1. The van der Waals surface area contributed by atoms with Gasteiger partial charge in [-0.15, -0.1) is 0 Å². The third-order valence-electron chi connectivity index (χ3n) is 4.41. The zero-order chi connectivity index (χ0) is 20.0. The molecule has 1 amide bonds. The molecule has 0 atom stereocenters. The van der Waals surface area contributed by atoms with Gasteiger partial charge < -0.3 is 5.32 Å². The molecule has 0 saturated heterocycles. The third-order valence-corrected chi connectivity index (χ3v) is 5.59. The molecule has 0 fully saturated rings. The van der Waals surface area contributed by atoms with E-state index in [0.717, 1.165) is 16.7 Å². The number of amides is 1. The highest BCUT2D eigenvalue weighted by Crippen LogP contribution is 2.24. The maximum absolute atomic E-state index is 12.2. The summed E-state index contributed by atoms with van der Waals surface area (Å²) in [7, 11) is -3.41. The number of aryl methyl sites for hydroxylation is 3. The Labute approximate surface area is 162 Å². The normalized spacial score (nSPS) is 11.3. The number of rotatable bonds is 8. The van der Waals surface area contributed by atoms with Crippen molar-refractivity contribution in [3.63, 3.8) is 0 Å². The highest BCUT2D eigenvalue weighted by Gasteiger charge is 2.19. The second-order valence-corrected chi connectivity index (χ2v) is 8.90. The van der Waals surface area contributed by atoms with Crippen LogP contribution in [-0.2, 0) is 21.4 Å². The Morgan fingerprint density at radius 2 is 1.63 bits per heavy atom. The highest BCUT2D eigenvalue weighted by atomic mass is 32.2. The summed E-state index contributed by atoms with van der Waals surface area (Å²) in [6.45, 7) is 6.60. The van der Waals surface area contributed by atoms with E-state index in [4.69, 9.17) is 0 Å². The number of carbonyl (C=O) groups excluding carboxylic acids is 1. The lowest BCUT2D eigenvalue weighted by Crippen LogP contribution is -2.32. The number of benzene rings is 2. The minimum atomic E-state index is -3.41. The van der Waals surface area contributed by atoms with Crippen molar-refractivity contribution in [2.75, 3.05) is 17.1 Å². The minimum absolute atomic E-state index is 0.0787. The van der Waals surface area contributed by atoms with Crippen molar-refractivity contribution < 1.29 is 13.2 Å². The molecule has 0 spiro atoms. The van der Waals surface area contributed by atoms with E-state index in [0.29, 0.717) is 18.7 Å². The van der Waals surface area contributed by atoms with Gasteiger partial charge in [-0.1, -0.05) is 42.0 Å². The first-order valence-corrected chi connectivity index (χ1v) is 10.9. The van der Waals surface area contributed by atoms with Crippen molar-refractivity contribution in [2.24, 2.45) is 0 Å². The smallest absolute Gasteiger partial charge is 0.232 e. The van der Waals surface area contributed by atoms with E-state index in [1.807, 2.05) is 63.2 Å². The monoisotopic (exact) mass is 388 g/mol. The molecule has 0 aliphatic carbocycles. The van der Waals surface area contributed by atoms with Crippen LogP contribution in [0.5, 0.6) is 0 Å². The first-order chi connectivity index (χ1) is 12.7. The van der Waals surface area contributed by atoms with Gasteiger partial charge in [0.1, 0.15) is 0 Å². The molecule has 0 bridgehead atoms. The Morgan fingerprint density at radius 3 is 2.26 bits per heavy atom. The van der Waals surface area contributed by atoms with Crippen molar-refractivity contribution in [3.05, 3.63) is 64.7 Å². The quantitative estimate of drug-likeness (QED) is 0.753. The summed E-state index contributed by atoms with van der Waals surface area (Å²) in [6, 6.07) is 13.7. The topological polar surface area (TPSA) is 66.5 Å². The van der Waals surface area contributed by atoms with Crippen LogP contribution < -0.4 is 9.62 Å². The van der Waals surface area contributed by atoms with Crippen molar-refractivity contribution in [3.8, 4) is 0 Å². The lowest BCUT2D eigenvalue weighted by Gasteiger charge is -2.24. The van der Waals surface area contributed by atoms with E-state index >= 15 is 0 Å². The Kier molecular flexibility index (Phi) is 7.02. The molecule has 27 heavy (non-hydrogen) atoms. The summed E-state index contributed by atoms with van der Waals surface area (Å²) in [6.07, 6.45) is 1.94. The molecule has 146 valence electrons. The van der Waals surface area contributed by atoms with Gasteiger partial charge in [-0.3, -0.25) is 9.10 Å². The molecule has 2 aromatic carbocycles. The van der Waals surface area contributed by atoms with Crippen LogP contribution in [0, 0.1) is 20.8 Å². The lowest BCUT2D eigenvalue weighted by atomic mass is 10.1. The third kappa shape index (κ3) is 6.40. The van der Waals surface area contributed by atoms with Crippen LogP contribution in [0.1, 0.15) is 35.1 Å².